The average molecular weight is 141 g/mol. The molecule has 56 valence electrons. The lowest BCUT2D eigenvalue weighted by atomic mass is 10.1. The minimum atomic E-state index is -0.623. The van der Waals surface area contributed by atoms with E-state index in [2.05, 4.69) is 0 Å². The number of nitrogens with two attached hydrogens (primary N) is 1. The van der Waals surface area contributed by atoms with Gasteiger partial charge in [0.25, 0.3) is 0 Å². The van der Waals surface area contributed by atoms with Gasteiger partial charge in [-0.15, -0.1) is 0 Å². The third kappa shape index (κ3) is 0.669. The number of carboxylic acids is 1. The largest absolute Gasteiger partial charge is 0.481 e. The average Bonchev–Trinajstić information content (AvgIpc) is 2.32. The van der Waals surface area contributed by atoms with Gasteiger partial charge in [-0.25, -0.2) is 0 Å². The zero-order chi connectivity index (χ0) is 7.30. The summed E-state index contributed by atoms with van der Waals surface area (Å²) in [4.78, 5) is 10.4. The molecule has 0 radical (unpaired) electrons. The maximum absolute atomic E-state index is 10.4. The van der Waals surface area contributed by atoms with E-state index in [4.69, 9.17) is 10.8 Å². The van der Waals surface area contributed by atoms with E-state index in [1.807, 2.05) is 0 Å². The van der Waals surface area contributed by atoms with Gasteiger partial charge in [0.2, 0.25) is 0 Å². The minimum absolute atomic E-state index is 0.0419. The summed E-state index contributed by atoms with van der Waals surface area (Å²) in [5.74, 6) is 0.182. The topological polar surface area (TPSA) is 63.3 Å². The van der Waals surface area contributed by atoms with Crippen LogP contribution in [0.5, 0.6) is 0 Å². The first kappa shape index (κ1) is 6.16. The van der Waals surface area contributed by atoms with Gasteiger partial charge < -0.3 is 10.8 Å². The molecule has 0 heterocycles. The molecule has 0 aliphatic heterocycles. The van der Waals surface area contributed by atoms with Crippen LogP contribution in [0.2, 0.25) is 0 Å². The highest BCUT2D eigenvalue weighted by molar-refractivity contribution is 5.74. The number of carbonyl (C=O) groups is 1. The van der Waals surface area contributed by atoms with Crippen LogP contribution in [0.3, 0.4) is 0 Å². The first-order valence-corrected chi connectivity index (χ1v) is 3.68. The smallest absolute Gasteiger partial charge is 0.307 e. The van der Waals surface area contributed by atoms with Crippen LogP contribution in [0, 0.1) is 17.8 Å². The number of carboxylic acid groups (broad SMARTS) is 1. The van der Waals surface area contributed by atoms with Gasteiger partial charge in [-0.3, -0.25) is 4.79 Å². The van der Waals surface area contributed by atoms with E-state index in [0.29, 0.717) is 11.8 Å². The van der Waals surface area contributed by atoms with E-state index in [1.54, 1.807) is 0 Å². The molecule has 0 spiro atoms. The van der Waals surface area contributed by atoms with E-state index < -0.39 is 5.97 Å². The normalized spacial score (nSPS) is 50.5. The van der Waals surface area contributed by atoms with Crippen molar-refractivity contribution in [1.29, 1.82) is 0 Å². The van der Waals surface area contributed by atoms with Crippen molar-refractivity contribution in [3.8, 4) is 0 Å². The molecule has 10 heavy (non-hydrogen) atoms. The van der Waals surface area contributed by atoms with E-state index in [9.17, 15) is 4.79 Å². The molecule has 2 aliphatic carbocycles. The second-order valence-electron chi connectivity index (χ2n) is 3.42. The number of fused-ring (bicyclic) bond motifs is 1. The lowest BCUT2D eigenvalue weighted by Gasteiger charge is -2.04. The zero-order valence-electron chi connectivity index (χ0n) is 5.66. The number of aliphatic carboxylic acids is 1. The molecule has 2 atom stereocenters. The molecule has 2 unspecified atom stereocenters. The molecule has 0 aromatic heterocycles. The highest BCUT2D eigenvalue weighted by atomic mass is 16.4. The predicted octanol–water partition coefficient (Wildman–Crippen LogP) is 0.0543. The molecule has 3 N–H and O–H groups in total. The van der Waals surface area contributed by atoms with E-state index >= 15 is 0 Å². The molecule has 2 saturated carbocycles. The van der Waals surface area contributed by atoms with Crippen LogP contribution in [0.15, 0.2) is 0 Å². The van der Waals surface area contributed by atoms with Crippen molar-refractivity contribution in [2.45, 2.75) is 18.9 Å². The molecule has 2 aliphatic rings. The predicted molar refractivity (Wildman–Crippen MR) is 35.3 cm³/mol. The Hall–Kier alpha value is -0.570. The van der Waals surface area contributed by atoms with Gasteiger partial charge in [0.05, 0.1) is 5.92 Å². The molecule has 2 fully saturated rings. The quantitative estimate of drug-likeness (QED) is 0.542. The Balaban J connectivity index is 1.98. The number of hydrogen-bond donors (Lipinski definition) is 2. The number of hydrogen-bond acceptors (Lipinski definition) is 2. The molecule has 0 aromatic rings. The molecule has 0 amide bonds. The molecular weight excluding hydrogens is 130 g/mol. The Morgan fingerprint density at radius 1 is 1.40 bits per heavy atom. The van der Waals surface area contributed by atoms with Crippen LogP contribution in [0.4, 0.5) is 0 Å². The van der Waals surface area contributed by atoms with Crippen molar-refractivity contribution in [1.82, 2.24) is 0 Å². The summed E-state index contributed by atoms with van der Waals surface area (Å²) in [5.41, 5.74) is 5.62. The molecule has 3 nitrogen and oxygen atoms in total. The van der Waals surface area contributed by atoms with Crippen LogP contribution in [0.25, 0.3) is 0 Å². The van der Waals surface area contributed by atoms with Gasteiger partial charge >= 0.3 is 5.97 Å². The van der Waals surface area contributed by atoms with Crippen molar-refractivity contribution < 1.29 is 9.90 Å². The van der Waals surface area contributed by atoms with E-state index in [0.717, 1.165) is 12.8 Å². The lowest BCUT2D eigenvalue weighted by Crippen LogP contribution is -2.20. The molecular formula is C7H11NO2. The van der Waals surface area contributed by atoms with E-state index in [-0.39, 0.29) is 12.0 Å². The SMILES string of the molecule is NC1CC2C(C1)C2C(=O)O. The van der Waals surface area contributed by atoms with Crippen molar-refractivity contribution in [3.63, 3.8) is 0 Å². The summed E-state index contributed by atoms with van der Waals surface area (Å²) < 4.78 is 0. The van der Waals surface area contributed by atoms with Crippen LogP contribution < -0.4 is 5.73 Å². The van der Waals surface area contributed by atoms with Crippen molar-refractivity contribution in [2.24, 2.45) is 23.5 Å². The Morgan fingerprint density at radius 2 is 1.90 bits per heavy atom. The second kappa shape index (κ2) is 1.72. The molecule has 0 bridgehead atoms. The Morgan fingerprint density at radius 3 is 2.30 bits per heavy atom. The summed E-state index contributed by atoms with van der Waals surface area (Å²) in [6, 6.07) is 0.283. The van der Waals surface area contributed by atoms with Crippen molar-refractivity contribution in [2.75, 3.05) is 0 Å². The fourth-order valence-corrected chi connectivity index (χ4v) is 2.25. The monoisotopic (exact) mass is 141 g/mol. The number of rotatable bonds is 1. The fraction of sp³-hybridized carbons (Fsp3) is 0.857. The van der Waals surface area contributed by atoms with Gasteiger partial charge in [-0.1, -0.05) is 0 Å². The van der Waals surface area contributed by atoms with Crippen LogP contribution in [-0.4, -0.2) is 17.1 Å². The highest BCUT2D eigenvalue weighted by Gasteiger charge is 2.59. The third-order valence-corrected chi connectivity index (χ3v) is 2.77. The van der Waals surface area contributed by atoms with E-state index in [1.165, 1.54) is 0 Å². The maximum Gasteiger partial charge on any atom is 0.307 e. The van der Waals surface area contributed by atoms with Gasteiger partial charge in [0, 0.05) is 6.04 Å². The van der Waals surface area contributed by atoms with Gasteiger partial charge in [0.1, 0.15) is 0 Å². The van der Waals surface area contributed by atoms with Gasteiger partial charge in [0.15, 0.2) is 0 Å². The molecule has 0 saturated heterocycles. The van der Waals surface area contributed by atoms with Crippen molar-refractivity contribution in [3.05, 3.63) is 0 Å². The Labute approximate surface area is 59.2 Å². The lowest BCUT2D eigenvalue weighted by molar-refractivity contribution is -0.139. The first-order valence-electron chi connectivity index (χ1n) is 3.68. The first-order chi connectivity index (χ1) is 4.70. The summed E-state index contributed by atoms with van der Waals surface area (Å²) in [6.45, 7) is 0. The van der Waals surface area contributed by atoms with Crippen LogP contribution >= 0.6 is 0 Å². The summed E-state index contributed by atoms with van der Waals surface area (Å²) in [7, 11) is 0. The van der Waals surface area contributed by atoms with Crippen molar-refractivity contribution >= 4 is 5.97 Å². The van der Waals surface area contributed by atoms with Crippen LogP contribution in [-0.2, 0) is 4.79 Å². The Kier molecular flexibility index (Phi) is 1.06. The Bertz CT molecular complexity index is 168. The molecule has 0 aromatic carbocycles. The summed E-state index contributed by atoms with van der Waals surface area (Å²) >= 11 is 0. The third-order valence-electron chi connectivity index (χ3n) is 2.77. The van der Waals surface area contributed by atoms with Crippen LogP contribution in [0.1, 0.15) is 12.8 Å². The molecule has 2 rings (SSSR count). The maximum atomic E-state index is 10.4. The standard InChI is InChI=1S/C7H11NO2/c8-3-1-4-5(2-3)6(4)7(9)10/h3-6H,1-2,8H2,(H,9,10). The molecule has 3 heteroatoms. The summed E-state index contributed by atoms with van der Waals surface area (Å²) in [5, 5.41) is 8.60. The minimum Gasteiger partial charge on any atom is -0.481 e. The zero-order valence-corrected chi connectivity index (χ0v) is 5.66. The second-order valence-corrected chi connectivity index (χ2v) is 3.42. The van der Waals surface area contributed by atoms with Gasteiger partial charge in [-0.2, -0.15) is 0 Å². The highest BCUT2D eigenvalue weighted by Crippen LogP contribution is 2.56. The summed E-state index contributed by atoms with van der Waals surface area (Å²) in [6.07, 6.45) is 1.86. The fourth-order valence-electron chi connectivity index (χ4n) is 2.25. The van der Waals surface area contributed by atoms with Gasteiger partial charge in [-0.05, 0) is 24.7 Å².